The van der Waals surface area contributed by atoms with E-state index in [1.165, 1.54) is 30.8 Å². The van der Waals surface area contributed by atoms with Gasteiger partial charge in [0, 0.05) is 36.4 Å². The summed E-state index contributed by atoms with van der Waals surface area (Å²) in [6.45, 7) is 9.75. The topological polar surface area (TPSA) is 3.24 Å². The molecule has 1 fully saturated rings. The molecule has 1 aliphatic heterocycles. The van der Waals surface area contributed by atoms with Crippen LogP contribution >= 0.6 is 24.4 Å². The Bertz CT molecular complexity index is 170. The Morgan fingerprint density at radius 2 is 2.46 bits per heavy atom. The third-order valence-electron chi connectivity index (χ3n) is 2.35. The number of nitrogens with zero attached hydrogens (tertiary/aromatic N) is 1. The van der Waals surface area contributed by atoms with Gasteiger partial charge in [-0.15, -0.1) is 0 Å². The van der Waals surface area contributed by atoms with Gasteiger partial charge in [0.2, 0.25) is 0 Å². The highest BCUT2D eigenvalue weighted by Gasteiger charge is 2.18. The van der Waals surface area contributed by atoms with Crippen LogP contribution in [0.4, 0.5) is 0 Å². The summed E-state index contributed by atoms with van der Waals surface area (Å²) >= 11 is 6.34. The maximum Gasteiger partial charge on any atom is 0.0199 e. The van der Waals surface area contributed by atoms with E-state index in [0.29, 0.717) is 0 Å². The highest BCUT2D eigenvalue weighted by Crippen LogP contribution is 2.21. The largest absolute Gasteiger partial charge is 0.297 e. The average Bonchev–Trinajstić information content (AvgIpc) is 2.18. The van der Waals surface area contributed by atoms with Crippen LogP contribution in [0, 0.1) is 0 Å². The minimum absolute atomic E-state index is 0.820. The molecule has 0 aliphatic carbocycles. The van der Waals surface area contributed by atoms with Crippen molar-refractivity contribution in [1.82, 2.24) is 4.90 Å². The van der Waals surface area contributed by atoms with Crippen molar-refractivity contribution in [3.05, 3.63) is 12.2 Å². The van der Waals surface area contributed by atoms with Crippen LogP contribution in [0.25, 0.3) is 0 Å². The molecule has 0 bridgehead atoms. The van der Waals surface area contributed by atoms with Crippen molar-refractivity contribution in [2.45, 2.75) is 18.6 Å². The molecule has 0 aromatic heterocycles. The zero-order chi connectivity index (χ0) is 9.68. The van der Waals surface area contributed by atoms with Crippen LogP contribution in [-0.4, -0.2) is 41.3 Å². The Hall–Kier alpha value is 0.400. The lowest BCUT2D eigenvalue weighted by molar-refractivity contribution is 0.305. The molecular formula is C10H19NS2. The van der Waals surface area contributed by atoms with E-state index in [-0.39, 0.29) is 0 Å². The molecule has 0 aromatic carbocycles. The maximum atomic E-state index is 4.23. The fraction of sp³-hybridized carbons (Fsp3) is 0.800. The van der Waals surface area contributed by atoms with E-state index in [1.54, 1.807) is 0 Å². The Balaban J connectivity index is 2.29. The normalized spacial score (nSPS) is 24.6. The van der Waals surface area contributed by atoms with Crippen molar-refractivity contribution in [2.75, 3.05) is 31.1 Å². The summed E-state index contributed by atoms with van der Waals surface area (Å²) in [5.74, 6) is 2.10. The van der Waals surface area contributed by atoms with E-state index in [4.69, 9.17) is 0 Å². The zero-order valence-corrected chi connectivity index (χ0v) is 10.0. The van der Waals surface area contributed by atoms with Crippen molar-refractivity contribution in [3.8, 4) is 0 Å². The van der Waals surface area contributed by atoms with E-state index >= 15 is 0 Å². The van der Waals surface area contributed by atoms with E-state index in [1.807, 2.05) is 0 Å². The Morgan fingerprint density at radius 3 is 3.08 bits per heavy atom. The molecule has 76 valence electrons. The Labute approximate surface area is 91.4 Å². The summed E-state index contributed by atoms with van der Waals surface area (Å²) in [6.07, 6.45) is 1.29. The number of rotatable bonds is 4. The molecule has 1 unspecified atom stereocenters. The van der Waals surface area contributed by atoms with Gasteiger partial charge >= 0.3 is 0 Å². The van der Waals surface area contributed by atoms with Crippen LogP contribution in [0.3, 0.4) is 0 Å². The molecular weight excluding hydrogens is 198 g/mol. The molecule has 1 atom stereocenters. The van der Waals surface area contributed by atoms with Crippen LogP contribution in [-0.2, 0) is 0 Å². The Morgan fingerprint density at radius 1 is 1.69 bits per heavy atom. The second-order valence-corrected chi connectivity index (χ2v) is 5.27. The highest BCUT2D eigenvalue weighted by molar-refractivity contribution is 8.00. The molecule has 3 heteroatoms. The fourth-order valence-electron chi connectivity index (χ4n) is 1.54. The van der Waals surface area contributed by atoms with Crippen LogP contribution in [0.15, 0.2) is 12.2 Å². The van der Waals surface area contributed by atoms with Crippen LogP contribution in [0.2, 0.25) is 0 Å². The van der Waals surface area contributed by atoms with E-state index in [2.05, 4.69) is 42.8 Å². The lowest BCUT2D eigenvalue weighted by Crippen LogP contribution is -2.38. The molecule has 0 N–H and O–H groups in total. The van der Waals surface area contributed by atoms with E-state index in [9.17, 15) is 0 Å². The summed E-state index contributed by atoms with van der Waals surface area (Å²) in [6, 6.07) is 0. The summed E-state index contributed by atoms with van der Waals surface area (Å²) in [7, 11) is 0. The highest BCUT2D eigenvalue weighted by atomic mass is 32.2. The van der Waals surface area contributed by atoms with Gasteiger partial charge in [0.1, 0.15) is 0 Å². The lowest BCUT2D eigenvalue weighted by atomic mass is 10.2. The van der Waals surface area contributed by atoms with Crippen molar-refractivity contribution in [3.63, 3.8) is 0 Å². The SMILES string of the molecule is C=C(CS)CN1CCSC(CC)C1. The second kappa shape index (κ2) is 5.99. The van der Waals surface area contributed by atoms with Crippen molar-refractivity contribution in [1.29, 1.82) is 0 Å². The van der Waals surface area contributed by atoms with Crippen molar-refractivity contribution < 1.29 is 0 Å². The van der Waals surface area contributed by atoms with Crippen LogP contribution in [0.5, 0.6) is 0 Å². The molecule has 0 amide bonds. The van der Waals surface area contributed by atoms with Gasteiger partial charge in [-0.25, -0.2) is 0 Å². The quantitative estimate of drug-likeness (QED) is 0.568. The number of hydrogen-bond donors (Lipinski definition) is 1. The molecule has 1 rings (SSSR count). The van der Waals surface area contributed by atoms with Crippen molar-refractivity contribution >= 4 is 24.4 Å². The summed E-state index contributed by atoms with van der Waals surface area (Å²) in [5.41, 5.74) is 1.24. The summed E-state index contributed by atoms with van der Waals surface area (Å²) < 4.78 is 0. The fourth-order valence-corrected chi connectivity index (χ4v) is 2.89. The molecule has 0 radical (unpaired) electrons. The maximum absolute atomic E-state index is 4.23. The van der Waals surface area contributed by atoms with Gasteiger partial charge in [-0.2, -0.15) is 24.4 Å². The molecule has 0 spiro atoms. The average molecular weight is 217 g/mol. The number of thioether (sulfide) groups is 1. The first kappa shape index (κ1) is 11.5. The first-order chi connectivity index (χ1) is 6.26. The predicted octanol–water partition coefficient (Wildman–Crippen LogP) is 2.30. The van der Waals surface area contributed by atoms with Gasteiger partial charge in [0.15, 0.2) is 0 Å². The molecule has 0 aromatic rings. The molecule has 1 nitrogen and oxygen atoms in total. The molecule has 1 heterocycles. The third-order valence-corrected chi connectivity index (χ3v) is 4.17. The molecule has 1 saturated heterocycles. The molecule has 1 aliphatic rings. The van der Waals surface area contributed by atoms with E-state index < -0.39 is 0 Å². The van der Waals surface area contributed by atoms with Gasteiger partial charge in [-0.3, -0.25) is 4.90 Å². The third kappa shape index (κ3) is 3.96. The van der Waals surface area contributed by atoms with Gasteiger partial charge in [-0.1, -0.05) is 19.1 Å². The van der Waals surface area contributed by atoms with Crippen molar-refractivity contribution in [2.24, 2.45) is 0 Å². The van der Waals surface area contributed by atoms with Gasteiger partial charge < -0.3 is 0 Å². The lowest BCUT2D eigenvalue weighted by Gasteiger charge is -2.32. The monoisotopic (exact) mass is 217 g/mol. The van der Waals surface area contributed by atoms with Gasteiger partial charge in [0.25, 0.3) is 0 Å². The summed E-state index contributed by atoms with van der Waals surface area (Å²) in [5, 5.41) is 0.835. The van der Waals surface area contributed by atoms with Crippen LogP contribution < -0.4 is 0 Å². The van der Waals surface area contributed by atoms with E-state index in [0.717, 1.165) is 17.5 Å². The summed E-state index contributed by atoms with van der Waals surface area (Å²) in [4.78, 5) is 2.50. The zero-order valence-electron chi connectivity index (χ0n) is 8.33. The minimum Gasteiger partial charge on any atom is -0.297 e. The molecule has 13 heavy (non-hydrogen) atoms. The number of hydrogen-bond acceptors (Lipinski definition) is 3. The number of thiol groups is 1. The Kier molecular flexibility index (Phi) is 5.29. The predicted molar refractivity (Wildman–Crippen MR) is 66.0 cm³/mol. The minimum atomic E-state index is 0.820. The standard InChI is InChI=1S/C10H19NS2/c1-3-10-7-11(4-5-13-10)6-9(2)8-12/h10,12H,2-8H2,1H3. The first-order valence-corrected chi connectivity index (χ1v) is 6.55. The van der Waals surface area contributed by atoms with Gasteiger partial charge in [-0.05, 0) is 6.42 Å². The van der Waals surface area contributed by atoms with Gasteiger partial charge in [0.05, 0.1) is 0 Å². The van der Waals surface area contributed by atoms with Crippen LogP contribution in [0.1, 0.15) is 13.3 Å². The smallest absolute Gasteiger partial charge is 0.0199 e. The first-order valence-electron chi connectivity index (χ1n) is 4.87. The molecule has 0 saturated carbocycles. The second-order valence-electron chi connectivity index (χ2n) is 3.54.